The molecule has 0 radical (unpaired) electrons. The van der Waals surface area contributed by atoms with Crippen LogP contribution < -0.4 is 0 Å². The highest BCUT2D eigenvalue weighted by Crippen LogP contribution is 2.53. The monoisotopic (exact) mass is 282 g/mol. The van der Waals surface area contributed by atoms with Crippen LogP contribution in [0.5, 0.6) is 0 Å². The third-order valence-corrected chi connectivity index (χ3v) is 4.03. The van der Waals surface area contributed by atoms with E-state index in [1.807, 2.05) is 31.2 Å². The van der Waals surface area contributed by atoms with Crippen LogP contribution in [-0.2, 0) is 6.54 Å². The Kier molecular flexibility index (Phi) is 2.79. The van der Waals surface area contributed by atoms with Crippen LogP contribution in [-0.4, -0.2) is 24.5 Å². The third kappa shape index (κ3) is 2.35. The lowest BCUT2D eigenvalue weighted by Crippen LogP contribution is -2.07. The van der Waals surface area contributed by atoms with E-state index < -0.39 is 4.33 Å². The summed E-state index contributed by atoms with van der Waals surface area (Å²) >= 11 is 11.9. The second kappa shape index (κ2) is 4.21. The minimum Gasteiger partial charge on any atom is -0.163 e. The fourth-order valence-electron chi connectivity index (χ4n) is 1.80. The molecule has 3 rings (SSSR count). The number of hydrogen-bond donors (Lipinski definition) is 0. The van der Waals surface area contributed by atoms with Crippen molar-refractivity contribution in [3.63, 3.8) is 0 Å². The first kappa shape index (κ1) is 11.9. The van der Waals surface area contributed by atoms with E-state index in [2.05, 4.69) is 15.4 Å². The first-order valence-electron chi connectivity index (χ1n) is 5.77. The summed E-state index contributed by atoms with van der Waals surface area (Å²) in [5.74, 6) is 0.853. The van der Waals surface area contributed by atoms with Crippen LogP contribution in [0.3, 0.4) is 0 Å². The first-order chi connectivity index (χ1) is 8.54. The standard InChI is InChI=1S/C12H12Cl2N4/c1-8-2-4-9(5-3-8)11-15-17-18(16-11)7-10-6-12(10,13)14/h2-5,10H,6-7H2,1H3/t10-/m0/s1. The van der Waals surface area contributed by atoms with E-state index in [0.29, 0.717) is 12.4 Å². The molecule has 0 bridgehead atoms. The molecule has 18 heavy (non-hydrogen) atoms. The quantitative estimate of drug-likeness (QED) is 0.813. The van der Waals surface area contributed by atoms with E-state index in [-0.39, 0.29) is 5.92 Å². The summed E-state index contributed by atoms with van der Waals surface area (Å²) in [4.78, 5) is 1.56. The van der Waals surface area contributed by atoms with Crippen LogP contribution in [0.25, 0.3) is 11.4 Å². The Labute approximate surface area is 115 Å². The summed E-state index contributed by atoms with van der Waals surface area (Å²) in [6.07, 6.45) is 0.789. The van der Waals surface area contributed by atoms with Gasteiger partial charge in [0, 0.05) is 11.5 Å². The number of tetrazole rings is 1. The first-order valence-corrected chi connectivity index (χ1v) is 6.53. The minimum absolute atomic E-state index is 0.223. The maximum Gasteiger partial charge on any atom is 0.204 e. The molecule has 0 saturated heterocycles. The van der Waals surface area contributed by atoms with Crippen molar-refractivity contribution in [1.82, 2.24) is 20.2 Å². The van der Waals surface area contributed by atoms with Crippen LogP contribution in [0.4, 0.5) is 0 Å². The van der Waals surface area contributed by atoms with Crippen molar-refractivity contribution in [2.45, 2.75) is 24.2 Å². The lowest BCUT2D eigenvalue weighted by Gasteiger charge is -1.98. The number of nitrogens with zero attached hydrogens (tertiary/aromatic N) is 4. The van der Waals surface area contributed by atoms with Crippen molar-refractivity contribution in [3.8, 4) is 11.4 Å². The molecular weight excluding hydrogens is 271 g/mol. The van der Waals surface area contributed by atoms with Crippen LogP contribution >= 0.6 is 23.2 Å². The molecule has 0 spiro atoms. The van der Waals surface area contributed by atoms with Gasteiger partial charge >= 0.3 is 0 Å². The lowest BCUT2D eigenvalue weighted by atomic mass is 10.1. The molecule has 2 aromatic rings. The average Bonchev–Trinajstić information content (AvgIpc) is 2.75. The molecule has 0 amide bonds. The van der Waals surface area contributed by atoms with Crippen molar-refractivity contribution in [2.24, 2.45) is 5.92 Å². The number of benzene rings is 1. The number of halogens is 2. The number of aromatic nitrogens is 4. The molecule has 1 fully saturated rings. The second-order valence-corrected chi connectivity index (χ2v) is 6.24. The highest BCUT2D eigenvalue weighted by Gasteiger charge is 2.52. The van der Waals surface area contributed by atoms with Gasteiger partial charge in [0.15, 0.2) is 0 Å². The van der Waals surface area contributed by atoms with E-state index in [1.54, 1.807) is 4.80 Å². The van der Waals surface area contributed by atoms with Crippen LogP contribution in [0.2, 0.25) is 0 Å². The molecule has 94 valence electrons. The van der Waals surface area contributed by atoms with Gasteiger partial charge in [0.2, 0.25) is 5.82 Å². The molecule has 1 aromatic carbocycles. The van der Waals surface area contributed by atoms with Gasteiger partial charge in [-0.05, 0) is 18.6 Å². The van der Waals surface area contributed by atoms with Gasteiger partial charge in [0.1, 0.15) is 4.33 Å². The second-order valence-electron chi connectivity index (χ2n) is 4.70. The van der Waals surface area contributed by atoms with Crippen LogP contribution in [0.1, 0.15) is 12.0 Å². The Morgan fingerprint density at radius 1 is 1.33 bits per heavy atom. The molecule has 4 nitrogen and oxygen atoms in total. The van der Waals surface area contributed by atoms with Crippen molar-refractivity contribution >= 4 is 23.2 Å². The normalized spacial score (nSPS) is 20.9. The van der Waals surface area contributed by atoms with Gasteiger partial charge in [-0.1, -0.05) is 29.8 Å². The topological polar surface area (TPSA) is 43.6 Å². The Balaban J connectivity index is 1.75. The van der Waals surface area contributed by atoms with Crippen molar-refractivity contribution in [3.05, 3.63) is 29.8 Å². The van der Waals surface area contributed by atoms with Gasteiger partial charge in [-0.25, -0.2) is 0 Å². The summed E-state index contributed by atoms with van der Waals surface area (Å²) in [5, 5.41) is 12.4. The zero-order chi connectivity index (χ0) is 12.8. The Morgan fingerprint density at radius 2 is 2.00 bits per heavy atom. The fraction of sp³-hybridized carbons (Fsp3) is 0.417. The molecule has 0 aliphatic heterocycles. The molecule has 6 heteroatoms. The van der Waals surface area contributed by atoms with E-state index in [4.69, 9.17) is 23.2 Å². The zero-order valence-electron chi connectivity index (χ0n) is 9.85. The van der Waals surface area contributed by atoms with Gasteiger partial charge in [0.25, 0.3) is 0 Å². The average molecular weight is 283 g/mol. The molecule has 0 unspecified atom stereocenters. The number of alkyl halides is 2. The number of aryl methyl sites for hydroxylation is 1. The smallest absolute Gasteiger partial charge is 0.163 e. The predicted octanol–water partition coefficient (Wildman–Crippen LogP) is 2.84. The maximum atomic E-state index is 5.97. The maximum absolute atomic E-state index is 5.97. The van der Waals surface area contributed by atoms with E-state index in [1.165, 1.54) is 5.56 Å². The van der Waals surface area contributed by atoms with E-state index in [9.17, 15) is 0 Å². The van der Waals surface area contributed by atoms with E-state index >= 15 is 0 Å². The molecule has 1 saturated carbocycles. The Hall–Kier alpha value is -1.13. The number of rotatable bonds is 3. The lowest BCUT2D eigenvalue weighted by molar-refractivity contribution is 0.484. The fourth-order valence-corrected chi connectivity index (χ4v) is 2.31. The summed E-state index contributed by atoms with van der Waals surface area (Å²) in [7, 11) is 0. The van der Waals surface area contributed by atoms with Gasteiger partial charge < -0.3 is 0 Å². The van der Waals surface area contributed by atoms with Crippen molar-refractivity contribution in [1.29, 1.82) is 0 Å². The SMILES string of the molecule is Cc1ccc(-c2nnn(C[C@@H]3CC3(Cl)Cl)n2)cc1. The Bertz CT molecular complexity index is 562. The summed E-state index contributed by atoms with van der Waals surface area (Å²) in [6, 6.07) is 8.03. The molecule has 1 aromatic heterocycles. The molecular formula is C12H12Cl2N4. The van der Waals surface area contributed by atoms with Crippen LogP contribution in [0, 0.1) is 12.8 Å². The minimum atomic E-state index is -0.600. The van der Waals surface area contributed by atoms with Crippen LogP contribution in [0.15, 0.2) is 24.3 Å². The highest BCUT2D eigenvalue weighted by atomic mass is 35.5. The predicted molar refractivity (Wildman–Crippen MR) is 70.5 cm³/mol. The third-order valence-electron chi connectivity index (χ3n) is 3.10. The highest BCUT2D eigenvalue weighted by molar-refractivity contribution is 6.50. The molecule has 1 atom stereocenters. The van der Waals surface area contributed by atoms with E-state index in [0.717, 1.165) is 12.0 Å². The number of hydrogen-bond acceptors (Lipinski definition) is 3. The summed E-state index contributed by atoms with van der Waals surface area (Å²) in [6.45, 7) is 2.66. The summed E-state index contributed by atoms with van der Waals surface area (Å²) < 4.78 is -0.600. The van der Waals surface area contributed by atoms with Gasteiger partial charge in [-0.3, -0.25) is 0 Å². The summed E-state index contributed by atoms with van der Waals surface area (Å²) in [5.41, 5.74) is 2.17. The van der Waals surface area contributed by atoms with Crippen molar-refractivity contribution in [2.75, 3.05) is 0 Å². The molecule has 1 aliphatic carbocycles. The van der Waals surface area contributed by atoms with Gasteiger partial charge in [-0.2, -0.15) is 4.80 Å². The van der Waals surface area contributed by atoms with Crippen molar-refractivity contribution < 1.29 is 0 Å². The zero-order valence-corrected chi connectivity index (χ0v) is 11.4. The van der Waals surface area contributed by atoms with Gasteiger partial charge in [0.05, 0.1) is 6.54 Å². The largest absolute Gasteiger partial charge is 0.204 e. The Morgan fingerprint density at radius 3 is 2.61 bits per heavy atom. The molecule has 0 N–H and O–H groups in total. The molecule has 1 heterocycles. The van der Waals surface area contributed by atoms with Gasteiger partial charge in [-0.15, -0.1) is 33.4 Å². The molecule has 1 aliphatic rings.